The molecule has 0 spiro atoms. The molecule has 0 fully saturated rings. The van der Waals surface area contributed by atoms with Crippen molar-refractivity contribution in [3.8, 4) is 0 Å². The Hall–Kier alpha value is 0.1000. The molecule has 4 heteroatoms. The number of halogens is 1. The standard InChI is InChI=1S/C13H22BrNOS/c1-5-15(13(2,3)4)9-8-10(16)11-6-7-12(14)17-11/h6-7,10,16H,5,8-9H2,1-4H3. The maximum absolute atomic E-state index is 10.1. The van der Waals surface area contributed by atoms with Gasteiger partial charge in [-0.25, -0.2) is 0 Å². The summed E-state index contributed by atoms with van der Waals surface area (Å²) in [5.74, 6) is 0. The molecule has 0 amide bonds. The number of aliphatic hydroxyl groups excluding tert-OH is 1. The van der Waals surface area contributed by atoms with Crippen molar-refractivity contribution in [2.75, 3.05) is 13.1 Å². The van der Waals surface area contributed by atoms with Crippen LogP contribution in [0.15, 0.2) is 15.9 Å². The van der Waals surface area contributed by atoms with Gasteiger partial charge in [-0.1, -0.05) is 6.92 Å². The van der Waals surface area contributed by atoms with Crippen LogP contribution in [0.2, 0.25) is 0 Å². The molecule has 0 aliphatic heterocycles. The monoisotopic (exact) mass is 319 g/mol. The molecule has 0 bridgehead atoms. The van der Waals surface area contributed by atoms with Gasteiger partial charge in [0.1, 0.15) is 0 Å². The lowest BCUT2D eigenvalue weighted by Crippen LogP contribution is -2.42. The van der Waals surface area contributed by atoms with E-state index in [1.54, 1.807) is 11.3 Å². The fraction of sp³-hybridized carbons (Fsp3) is 0.692. The van der Waals surface area contributed by atoms with Gasteiger partial charge < -0.3 is 5.11 Å². The van der Waals surface area contributed by atoms with Crippen molar-refractivity contribution in [1.82, 2.24) is 4.90 Å². The smallest absolute Gasteiger partial charge is 0.0894 e. The molecule has 1 heterocycles. The van der Waals surface area contributed by atoms with Crippen molar-refractivity contribution in [1.29, 1.82) is 0 Å². The highest BCUT2D eigenvalue weighted by molar-refractivity contribution is 9.11. The van der Waals surface area contributed by atoms with Gasteiger partial charge in [-0.2, -0.15) is 0 Å². The minimum Gasteiger partial charge on any atom is -0.388 e. The molecule has 0 aliphatic rings. The van der Waals surface area contributed by atoms with E-state index in [0.29, 0.717) is 0 Å². The molecule has 1 aromatic rings. The molecule has 1 unspecified atom stereocenters. The Bertz CT molecular complexity index is 345. The second kappa shape index (κ2) is 6.32. The van der Waals surface area contributed by atoms with E-state index in [9.17, 15) is 5.11 Å². The second-order valence-corrected chi connectivity index (χ2v) is 7.69. The second-order valence-electron chi connectivity index (χ2n) is 5.20. The summed E-state index contributed by atoms with van der Waals surface area (Å²) in [5, 5.41) is 10.1. The molecule has 1 rings (SSSR count). The Labute approximate surface area is 117 Å². The number of nitrogens with zero attached hydrogens (tertiary/aromatic N) is 1. The zero-order valence-corrected chi connectivity index (χ0v) is 13.4. The summed E-state index contributed by atoms with van der Waals surface area (Å²) in [6.45, 7) is 10.8. The van der Waals surface area contributed by atoms with E-state index in [-0.39, 0.29) is 11.6 Å². The maximum Gasteiger partial charge on any atom is 0.0894 e. The van der Waals surface area contributed by atoms with E-state index < -0.39 is 0 Å². The predicted octanol–water partition coefficient (Wildman–Crippen LogP) is 4.05. The molecule has 0 saturated carbocycles. The number of thiophene rings is 1. The van der Waals surface area contributed by atoms with Gasteiger partial charge in [-0.05, 0) is 61.8 Å². The van der Waals surface area contributed by atoms with E-state index in [0.717, 1.165) is 28.2 Å². The van der Waals surface area contributed by atoms with Crippen molar-refractivity contribution in [2.24, 2.45) is 0 Å². The third-order valence-corrected chi connectivity index (χ3v) is 4.65. The Morgan fingerprint density at radius 2 is 2.06 bits per heavy atom. The molecule has 0 saturated heterocycles. The topological polar surface area (TPSA) is 23.5 Å². The minimum atomic E-state index is -0.345. The van der Waals surface area contributed by atoms with E-state index in [2.05, 4.69) is 48.5 Å². The van der Waals surface area contributed by atoms with Crippen LogP contribution >= 0.6 is 27.3 Å². The van der Waals surface area contributed by atoms with Crippen LogP contribution in [-0.2, 0) is 0 Å². The average Bonchev–Trinajstić information content (AvgIpc) is 2.63. The normalized spacial score (nSPS) is 14.3. The molecular weight excluding hydrogens is 298 g/mol. The molecule has 98 valence electrons. The van der Waals surface area contributed by atoms with Gasteiger partial charge in [0.25, 0.3) is 0 Å². The molecule has 1 aromatic heterocycles. The van der Waals surface area contributed by atoms with Crippen LogP contribution in [0, 0.1) is 0 Å². The van der Waals surface area contributed by atoms with Crippen LogP contribution in [0.5, 0.6) is 0 Å². The van der Waals surface area contributed by atoms with Gasteiger partial charge >= 0.3 is 0 Å². The lowest BCUT2D eigenvalue weighted by Gasteiger charge is -2.35. The van der Waals surface area contributed by atoms with Crippen molar-refractivity contribution < 1.29 is 5.11 Å². The van der Waals surface area contributed by atoms with Crippen LogP contribution in [0.1, 0.15) is 45.1 Å². The summed E-state index contributed by atoms with van der Waals surface area (Å²) >= 11 is 5.03. The number of aliphatic hydroxyl groups is 1. The summed E-state index contributed by atoms with van der Waals surface area (Å²) < 4.78 is 1.08. The van der Waals surface area contributed by atoms with E-state index in [1.165, 1.54) is 0 Å². The highest BCUT2D eigenvalue weighted by Crippen LogP contribution is 2.29. The predicted molar refractivity (Wildman–Crippen MR) is 78.6 cm³/mol. The third kappa shape index (κ3) is 4.70. The molecule has 1 N–H and O–H groups in total. The third-order valence-electron chi connectivity index (χ3n) is 2.93. The van der Waals surface area contributed by atoms with Crippen molar-refractivity contribution in [2.45, 2.75) is 45.8 Å². The fourth-order valence-corrected chi connectivity index (χ4v) is 3.34. The fourth-order valence-electron chi connectivity index (χ4n) is 1.90. The summed E-state index contributed by atoms with van der Waals surface area (Å²) in [5.41, 5.74) is 0.171. The maximum atomic E-state index is 10.1. The Morgan fingerprint density at radius 3 is 2.47 bits per heavy atom. The van der Waals surface area contributed by atoms with Crippen LogP contribution in [0.3, 0.4) is 0 Å². The first-order chi connectivity index (χ1) is 7.84. The van der Waals surface area contributed by atoms with Crippen LogP contribution in [0.25, 0.3) is 0 Å². The van der Waals surface area contributed by atoms with Crippen molar-refractivity contribution in [3.05, 3.63) is 20.8 Å². The summed E-state index contributed by atoms with van der Waals surface area (Å²) in [7, 11) is 0. The van der Waals surface area contributed by atoms with Gasteiger partial charge in [-0.15, -0.1) is 11.3 Å². The average molecular weight is 320 g/mol. The van der Waals surface area contributed by atoms with E-state index in [1.807, 2.05) is 12.1 Å². The molecule has 0 aliphatic carbocycles. The quantitative estimate of drug-likeness (QED) is 0.884. The van der Waals surface area contributed by atoms with Crippen LogP contribution < -0.4 is 0 Å². The number of hydrogen-bond donors (Lipinski definition) is 1. The molecule has 17 heavy (non-hydrogen) atoms. The van der Waals surface area contributed by atoms with E-state index in [4.69, 9.17) is 0 Å². The van der Waals surface area contributed by atoms with Gasteiger partial charge in [0.05, 0.1) is 9.89 Å². The first kappa shape index (κ1) is 15.2. The zero-order valence-electron chi connectivity index (χ0n) is 11.0. The largest absolute Gasteiger partial charge is 0.388 e. The van der Waals surface area contributed by atoms with E-state index >= 15 is 0 Å². The van der Waals surface area contributed by atoms with Gasteiger partial charge in [0.2, 0.25) is 0 Å². The summed E-state index contributed by atoms with van der Waals surface area (Å²) in [6, 6.07) is 3.98. The lowest BCUT2D eigenvalue weighted by molar-refractivity contribution is 0.101. The van der Waals surface area contributed by atoms with Crippen LogP contribution in [-0.4, -0.2) is 28.6 Å². The zero-order chi connectivity index (χ0) is 13.1. The first-order valence-corrected chi connectivity index (χ1v) is 7.64. The van der Waals surface area contributed by atoms with Gasteiger partial charge in [-0.3, -0.25) is 4.90 Å². The van der Waals surface area contributed by atoms with Crippen molar-refractivity contribution >= 4 is 27.3 Å². The summed E-state index contributed by atoms with van der Waals surface area (Å²) in [6.07, 6.45) is 0.445. The van der Waals surface area contributed by atoms with Crippen molar-refractivity contribution in [3.63, 3.8) is 0 Å². The molecule has 0 aromatic carbocycles. The van der Waals surface area contributed by atoms with Gasteiger partial charge in [0.15, 0.2) is 0 Å². The number of hydrogen-bond acceptors (Lipinski definition) is 3. The first-order valence-electron chi connectivity index (χ1n) is 6.03. The SMILES string of the molecule is CCN(CCC(O)c1ccc(Br)s1)C(C)(C)C. The highest BCUT2D eigenvalue weighted by atomic mass is 79.9. The molecule has 0 radical (unpaired) electrons. The summed E-state index contributed by atoms with van der Waals surface area (Å²) in [4.78, 5) is 3.43. The molecule has 2 nitrogen and oxygen atoms in total. The highest BCUT2D eigenvalue weighted by Gasteiger charge is 2.20. The van der Waals surface area contributed by atoms with Gasteiger partial charge in [0, 0.05) is 17.0 Å². The molecule has 1 atom stereocenters. The Balaban J connectivity index is 2.50. The lowest BCUT2D eigenvalue weighted by atomic mass is 10.0. The number of rotatable bonds is 5. The molecular formula is C13H22BrNOS. The minimum absolute atomic E-state index is 0.171. The Morgan fingerprint density at radius 1 is 1.41 bits per heavy atom. The Kier molecular flexibility index (Phi) is 5.64. The van der Waals surface area contributed by atoms with Crippen LogP contribution in [0.4, 0.5) is 0 Å².